The van der Waals surface area contributed by atoms with E-state index in [0.717, 1.165) is 16.7 Å². The molecule has 0 fully saturated rings. The van der Waals surface area contributed by atoms with Crippen molar-refractivity contribution >= 4 is 15.7 Å². The topological polar surface area (TPSA) is 46.2 Å². The normalized spacial score (nSPS) is 11.3. The number of sulfonamides is 1. The molecule has 100 valence electrons. The Morgan fingerprint density at radius 1 is 0.842 bits per heavy atom. The van der Waals surface area contributed by atoms with Crippen LogP contribution in [0.25, 0.3) is 0 Å². The third-order valence-electron chi connectivity index (χ3n) is 2.77. The number of hydrogen-bond acceptors (Lipinski definition) is 2. The summed E-state index contributed by atoms with van der Waals surface area (Å²) >= 11 is 0. The van der Waals surface area contributed by atoms with Gasteiger partial charge in [-0.3, -0.25) is 4.72 Å². The van der Waals surface area contributed by atoms with E-state index in [1.54, 1.807) is 18.2 Å². The number of rotatable bonds is 3. The van der Waals surface area contributed by atoms with Crippen molar-refractivity contribution in [1.29, 1.82) is 0 Å². The van der Waals surface area contributed by atoms with Gasteiger partial charge in [-0.1, -0.05) is 18.2 Å². The summed E-state index contributed by atoms with van der Waals surface area (Å²) < 4.78 is 27.1. The fourth-order valence-corrected chi connectivity index (χ4v) is 3.17. The highest BCUT2D eigenvalue weighted by atomic mass is 32.2. The Kier molecular flexibility index (Phi) is 3.62. The fraction of sp³-hybridized carbons (Fsp3) is 0.200. The van der Waals surface area contributed by atoms with Gasteiger partial charge in [0.15, 0.2) is 0 Å². The molecule has 0 saturated heterocycles. The maximum absolute atomic E-state index is 12.3. The molecule has 2 aromatic carbocycles. The molecule has 0 aromatic heterocycles. The largest absolute Gasteiger partial charge is 0.280 e. The lowest BCUT2D eigenvalue weighted by molar-refractivity contribution is 0.601. The van der Waals surface area contributed by atoms with Crippen LogP contribution >= 0.6 is 0 Å². The highest BCUT2D eigenvalue weighted by Gasteiger charge is 2.14. The predicted molar refractivity (Wildman–Crippen MR) is 77.9 cm³/mol. The summed E-state index contributed by atoms with van der Waals surface area (Å²) in [6, 6.07) is 12.5. The van der Waals surface area contributed by atoms with Crippen molar-refractivity contribution < 1.29 is 8.42 Å². The Morgan fingerprint density at radius 3 is 2.05 bits per heavy atom. The van der Waals surface area contributed by atoms with Gasteiger partial charge in [-0.05, 0) is 61.7 Å². The zero-order valence-electron chi connectivity index (χ0n) is 11.3. The highest BCUT2D eigenvalue weighted by molar-refractivity contribution is 7.92. The molecule has 19 heavy (non-hydrogen) atoms. The van der Waals surface area contributed by atoms with Crippen molar-refractivity contribution in [3.8, 4) is 0 Å². The molecule has 4 heteroatoms. The summed E-state index contributed by atoms with van der Waals surface area (Å²) in [4.78, 5) is 0.284. The summed E-state index contributed by atoms with van der Waals surface area (Å²) in [7, 11) is -3.52. The third-order valence-corrected chi connectivity index (χ3v) is 4.15. The first-order valence-electron chi connectivity index (χ1n) is 6.04. The van der Waals surface area contributed by atoms with E-state index in [-0.39, 0.29) is 4.90 Å². The molecule has 2 aromatic rings. The van der Waals surface area contributed by atoms with Crippen molar-refractivity contribution in [2.24, 2.45) is 0 Å². The van der Waals surface area contributed by atoms with Crippen molar-refractivity contribution in [2.45, 2.75) is 25.7 Å². The Labute approximate surface area is 114 Å². The summed E-state index contributed by atoms with van der Waals surface area (Å²) in [5, 5.41) is 0. The molecule has 0 amide bonds. The Hall–Kier alpha value is -1.81. The second-order valence-corrected chi connectivity index (χ2v) is 6.48. The van der Waals surface area contributed by atoms with Crippen molar-refractivity contribution in [2.75, 3.05) is 4.72 Å². The average molecular weight is 275 g/mol. The van der Waals surface area contributed by atoms with Crippen LogP contribution in [0.3, 0.4) is 0 Å². The zero-order valence-corrected chi connectivity index (χ0v) is 12.1. The van der Waals surface area contributed by atoms with E-state index < -0.39 is 10.0 Å². The molecule has 0 bridgehead atoms. The molecular formula is C15H17NO2S. The lowest BCUT2D eigenvalue weighted by Crippen LogP contribution is -2.13. The number of nitrogens with one attached hydrogen (secondary N) is 1. The van der Waals surface area contributed by atoms with E-state index in [1.165, 1.54) is 0 Å². The molecule has 0 unspecified atom stereocenters. The fourth-order valence-electron chi connectivity index (χ4n) is 2.03. The number of hydrogen-bond donors (Lipinski definition) is 1. The summed E-state index contributed by atoms with van der Waals surface area (Å²) in [5.74, 6) is 0. The van der Waals surface area contributed by atoms with Gasteiger partial charge < -0.3 is 0 Å². The van der Waals surface area contributed by atoms with Gasteiger partial charge in [0.1, 0.15) is 0 Å². The lowest BCUT2D eigenvalue weighted by atomic mass is 10.1. The smallest absolute Gasteiger partial charge is 0.261 e. The molecule has 3 nitrogen and oxygen atoms in total. The number of anilines is 1. The van der Waals surface area contributed by atoms with Crippen molar-refractivity contribution in [1.82, 2.24) is 0 Å². The Morgan fingerprint density at radius 2 is 1.47 bits per heavy atom. The molecule has 0 heterocycles. The van der Waals surface area contributed by atoms with Crippen LogP contribution in [-0.2, 0) is 10.0 Å². The summed E-state index contributed by atoms with van der Waals surface area (Å²) in [6.07, 6.45) is 0. The first-order valence-corrected chi connectivity index (χ1v) is 7.53. The van der Waals surface area contributed by atoms with Crippen molar-refractivity contribution in [3.63, 3.8) is 0 Å². The predicted octanol–water partition coefficient (Wildman–Crippen LogP) is 3.41. The molecule has 0 spiro atoms. The van der Waals surface area contributed by atoms with Gasteiger partial charge >= 0.3 is 0 Å². The van der Waals surface area contributed by atoms with E-state index in [0.29, 0.717) is 5.69 Å². The maximum Gasteiger partial charge on any atom is 0.261 e. The Balaban J connectivity index is 2.36. The molecule has 0 aliphatic heterocycles. The van der Waals surface area contributed by atoms with Crippen LogP contribution in [-0.4, -0.2) is 8.42 Å². The van der Waals surface area contributed by atoms with Crippen LogP contribution in [0.5, 0.6) is 0 Å². The quantitative estimate of drug-likeness (QED) is 0.933. The van der Waals surface area contributed by atoms with Gasteiger partial charge in [-0.15, -0.1) is 0 Å². The first kappa shape index (κ1) is 13.6. The van der Waals surface area contributed by atoms with Crippen LogP contribution in [0.15, 0.2) is 47.4 Å². The minimum absolute atomic E-state index is 0.284. The monoisotopic (exact) mass is 275 g/mol. The molecule has 0 radical (unpaired) electrons. The minimum atomic E-state index is -3.52. The third kappa shape index (κ3) is 3.35. The first-order chi connectivity index (χ1) is 8.87. The van der Waals surface area contributed by atoms with Gasteiger partial charge in [-0.2, -0.15) is 0 Å². The van der Waals surface area contributed by atoms with E-state index in [1.807, 2.05) is 45.0 Å². The lowest BCUT2D eigenvalue weighted by Gasteiger charge is -2.10. The van der Waals surface area contributed by atoms with Crippen LogP contribution in [0, 0.1) is 20.8 Å². The SMILES string of the molecule is Cc1cc(C)cc(NS(=O)(=O)c2cccc(C)c2)c1. The highest BCUT2D eigenvalue weighted by Crippen LogP contribution is 2.19. The molecular weight excluding hydrogens is 258 g/mol. The summed E-state index contributed by atoms with van der Waals surface area (Å²) in [5.41, 5.74) is 3.58. The minimum Gasteiger partial charge on any atom is -0.280 e. The van der Waals surface area contributed by atoms with Crippen molar-refractivity contribution in [3.05, 3.63) is 59.2 Å². The van der Waals surface area contributed by atoms with E-state index in [4.69, 9.17) is 0 Å². The second-order valence-electron chi connectivity index (χ2n) is 4.80. The molecule has 0 saturated carbocycles. The van der Waals surface area contributed by atoms with Gasteiger partial charge in [-0.25, -0.2) is 8.42 Å². The molecule has 1 N–H and O–H groups in total. The number of benzene rings is 2. The summed E-state index contributed by atoms with van der Waals surface area (Å²) in [6.45, 7) is 5.75. The second kappa shape index (κ2) is 5.05. The van der Waals surface area contributed by atoms with Crippen LogP contribution in [0.2, 0.25) is 0 Å². The standard InChI is InChI=1S/C15H17NO2S/c1-11-5-4-6-15(10-11)19(17,18)16-14-8-12(2)7-13(3)9-14/h4-10,16H,1-3H3. The van der Waals surface area contributed by atoms with Gasteiger partial charge in [0.2, 0.25) is 0 Å². The molecule has 2 rings (SSSR count). The van der Waals surface area contributed by atoms with Gasteiger partial charge in [0.25, 0.3) is 10.0 Å². The van der Waals surface area contributed by atoms with Crippen LogP contribution in [0.1, 0.15) is 16.7 Å². The average Bonchev–Trinajstić information content (AvgIpc) is 2.26. The molecule has 0 aliphatic carbocycles. The maximum atomic E-state index is 12.3. The van der Waals surface area contributed by atoms with E-state index in [9.17, 15) is 8.42 Å². The number of aryl methyl sites for hydroxylation is 3. The molecule has 0 atom stereocenters. The van der Waals surface area contributed by atoms with Crippen LogP contribution < -0.4 is 4.72 Å². The van der Waals surface area contributed by atoms with Crippen LogP contribution in [0.4, 0.5) is 5.69 Å². The Bertz CT molecular complexity index is 686. The molecule has 0 aliphatic rings. The van der Waals surface area contributed by atoms with E-state index in [2.05, 4.69) is 4.72 Å². The van der Waals surface area contributed by atoms with Gasteiger partial charge in [0, 0.05) is 5.69 Å². The van der Waals surface area contributed by atoms with Gasteiger partial charge in [0.05, 0.1) is 4.90 Å². The van der Waals surface area contributed by atoms with E-state index >= 15 is 0 Å². The zero-order chi connectivity index (χ0) is 14.0.